The van der Waals surface area contributed by atoms with Crippen LogP contribution in [0.15, 0.2) is 90.0 Å². The third kappa shape index (κ3) is 5.98. The van der Waals surface area contributed by atoms with Crippen LogP contribution in [0.2, 0.25) is 0 Å². The molecule has 7 heteroatoms. The maximum atomic E-state index is 13.6. The van der Waals surface area contributed by atoms with Crippen LogP contribution in [0.25, 0.3) is 10.9 Å². The molecule has 0 atom stereocenters. The molecule has 0 bridgehead atoms. The zero-order valence-corrected chi connectivity index (χ0v) is 20.5. The average Bonchev–Trinajstić information content (AvgIpc) is 3.21. The summed E-state index contributed by atoms with van der Waals surface area (Å²) in [5.74, 6) is -0.864. The van der Waals surface area contributed by atoms with Crippen molar-refractivity contribution < 1.29 is 17.6 Å². The predicted octanol–water partition coefficient (Wildman–Crippen LogP) is 5.58. The topological polar surface area (TPSA) is 59.4 Å². The standard InChI is InChI=1S/C28H29FN2O3S/c1-2-3-16-30(18-22-10-5-4-6-11-22)28(32)20-31-19-27(25-14-7-8-15-26(25)31)35(33,34)21-23-12-9-13-24(29)17-23/h4-15,17,19H,2-3,16,18,20-21H2,1H3. The van der Waals surface area contributed by atoms with Gasteiger partial charge in [0.1, 0.15) is 12.4 Å². The molecule has 0 saturated carbocycles. The summed E-state index contributed by atoms with van der Waals surface area (Å²) in [5.41, 5.74) is 2.10. The largest absolute Gasteiger partial charge is 0.337 e. The molecule has 0 aliphatic carbocycles. The van der Waals surface area contributed by atoms with Gasteiger partial charge in [0.15, 0.2) is 9.84 Å². The SMILES string of the molecule is CCCCN(Cc1ccccc1)C(=O)Cn1cc(S(=O)(=O)Cc2cccc(F)c2)c2ccccc21. The third-order valence-corrected chi connectivity index (χ3v) is 7.70. The fraction of sp³-hybridized carbons (Fsp3) is 0.250. The number of aromatic nitrogens is 1. The molecule has 0 saturated heterocycles. The molecule has 0 aliphatic rings. The average molecular weight is 493 g/mol. The van der Waals surface area contributed by atoms with E-state index in [9.17, 15) is 17.6 Å². The molecule has 0 spiro atoms. The van der Waals surface area contributed by atoms with E-state index in [1.165, 1.54) is 24.4 Å². The minimum Gasteiger partial charge on any atom is -0.337 e. The predicted molar refractivity (Wildman–Crippen MR) is 136 cm³/mol. The van der Waals surface area contributed by atoms with Gasteiger partial charge in [0, 0.05) is 30.2 Å². The van der Waals surface area contributed by atoms with Crippen LogP contribution in [0.4, 0.5) is 4.39 Å². The quantitative estimate of drug-likeness (QED) is 0.290. The Labute approximate surface area is 205 Å². The van der Waals surface area contributed by atoms with E-state index in [0.29, 0.717) is 29.6 Å². The van der Waals surface area contributed by atoms with Crippen LogP contribution in [0.1, 0.15) is 30.9 Å². The number of rotatable bonds is 10. The molecule has 0 unspecified atom stereocenters. The molecular weight excluding hydrogens is 463 g/mol. The molecule has 3 aromatic carbocycles. The first-order valence-electron chi connectivity index (χ1n) is 11.7. The van der Waals surface area contributed by atoms with Gasteiger partial charge in [-0.15, -0.1) is 0 Å². The maximum absolute atomic E-state index is 13.6. The molecular formula is C28H29FN2O3S. The molecule has 0 aliphatic heterocycles. The number of halogens is 1. The number of nitrogens with zero attached hydrogens (tertiary/aromatic N) is 2. The maximum Gasteiger partial charge on any atom is 0.242 e. The van der Waals surface area contributed by atoms with Gasteiger partial charge in [0.25, 0.3) is 0 Å². The summed E-state index contributed by atoms with van der Waals surface area (Å²) in [7, 11) is -3.77. The molecule has 4 rings (SSSR count). The number of unbranched alkanes of at least 4 members (excludes halogenated alkanes) is 1. The fourth-order valence-corrected chi connectivity index (χ4v) is 5.78. The first-order chi connectivity index (χ1) is 16.9. The highest BCUT2D eigenvalue weighted by molar-refractivity contribution is 7.90. The third-order valence-electron chi connectivity index (χ3n) is 5.99. The molecule has 35 heavy (non-hydrogen) atoms. The van der Waals surface area contributed by atoms with Crippen molar-refractivity contribution in [1.29, 1.82) is 0 Å². The number of carbonyl (C=O) groups is 1. The Morgan fingerprint density at radius 1 is 0.943 bits per heavy atom. The number of benzene rings is 3. The van der Waals surface area contributed by atoms with Gasteiger partial charge < -0.3 is 9.47 Å². The molecule has 0 radical (unpaired) electrons. The van der Waals surface area contributed by atoms with E-state index < -0.39 is 15.7 Å². The first-order valence-corrected chi connectivity index (χ1v) is 13.4. The number of para-hydroxylation sites is 1. The monoisotopic (exact) mass is 492 g/mol. The normalized spacial score (nSPS) is 11.6. The molecule has 0 N–H and O–H groups in total. The van der Waals surface area contributed by atoms with Crippen molar-refractivity contribution in [3.8, 4) is 0 Å². The van der Waals surface area contributed by atoms with Gasteiger partial charge in [-0.2, -0.15) is 0 Å². The Morgan fingerprint density at radius 3 is 2.40 bits per heavy atom. The zero-order chi connectivity index (χ0) is 24.8. The second-order valence-corrected chi connectivity index (χ2v) is 10.6. The summed E-state index contributed by atoms with van der Waals surface area (Å²) in [6.07, 6.45) is 3.39. The lowest BCUT2D eigenvalue weighted by Gasteiger charge is -2.23. The van der Waals surface area contributed by atoms with E-state index in [1.807, 2.05) is 47.4 Å². The van der Waals surface area contributed by atoms with E-state index in [-0.39, 0.29) is 23.1 Å². The Hall–Kier alpha value is -3.45. The lowest BCUT2D eigenvalue weighted by Crippen LogP contribution is -2.34. The van der Waals surface area contributed by atoms with Gasteiger partial charge in [0.2, 0.25) is 5.91 Å². The summed E-state index contributed by atoms with van der Waals surface area (Å²) in [6.45, 7) is 3.25. The summed E-state index contributed by atoms with van der Waals surface area (Å²) >= 11 is 0. The Balaban J connectivity index is 1.63. The lowest BCUT2D eigenvalue weighted by molar-refractivity contribution is -0.132. The molecule has 182 valence electrons. The highest BCUT2D eigenvalue weighted by Crippen LogP contribution is 2.28. The number of fused-ring (bicyclic) bond motifs is 1. The molecule has 1 heterocycles. The smallest absolute Gasteiger partial charge is 0.242 e. The number of amides is 1. The van der Waals surface area contributed by atoms with Crippen LogP contribution in [-0.2, 0) is 33.5 Å². The molecule has 1 amide bonds. The van der Waals surface area contributed by atoms with E-state index >= 15 is 0 Å². The van der Waals surface area contributed by atoms with Gasteiger partial charge in [0.05, 0.1) is 10.6 Å². The lowest BCUT2D eigenvalue weighted by atomic mass is 10.2. The summed E-state index contributed by atoms with van der Waals surface area (Å²) < 4.78 is 42.0. The van der Waals surface area contributed by atoms with E-state index in [0.717, 1.165) is 18.4 Å². The van der Waals surface area contributed by atoms with Crippen molar-refractivity contribution in [3.63, 3.8) is 0 Å². The Morgan fingerprint density at radius 2 is 1.66 bits per heavy atom. The first kappa shape index (κ1) is 24.7. The van der Waals surface area contributed by atoms with Crippen LogP contribution in [0, 0.1) is 5.82 Å². The van der Waals surface area contributed by atoms with Crippen molar-refractivity contribution in [2.75, 3.05) is 6.54 Å². The molecule has 5 nitrogen and oxygen atoms in total. The summed E-state index contributed by atoms with van der Waals surface area (Å²) in [4.78, 5) is 15.3. The van der Waals surface area contributed by atoms with Gasteiger partial charge in [-0.1, -0.05) is 74.0 Å². The van der Waals surface area contributed by atoms with Crippen molar-refractivity contribution >= 4 is 26.6 Å². The summed E-state index contributed by atoms with van der Waals surface area (Å²) in [5, 5.41) is 0.555. The fourth-order valence-electron chi connectivity index (χ4n) is 4.21. The second kappa shape index (κ2) is 10.9. The van der Waals surface area contributed by atoms with Crippen molar-refractivity contribution in [2.45, 2.75) is 43.5 Å². The van der Waals surface area contributed by atoms with Crippen LogP contribution in [0.3, 0.4) is 0 Å². The van der Waals surface area contributed by atoms with Gasteiger partial charge in [-0.05, 0) is 35.7 Å². The van der Waals surface area contributed by atoms with E-state index in [2.05, 4.69) is 6.92 Å². The molecule has 0 fully saturated rings. The van der Waals surface area contributed by atoms with Gasteiger partial charge >= 0.3 is 0 Å². The minimum atomic E-state index is -3.77. The highest BCUT2D eigenvalue weighted by atomic mass is 32.2. The second-order valence-electron chi connectivity index (χ2n) is 8.68. The van der Waals surface area contributed by atoms with Crippen molar-refractivity contribution in [1.82, 2.24) is 9.47 Å². The number of hydrogen-bond acceptors (Lipinski definition) is 3. The van der Waals surface area contributed by atoms with E-state index in [1.54, 1.807) is 22.8 Å². The van der Waals surface area contributed by atoms with Crippen molar-refractivity contribution in [3.05, 3.63) is 102 Å². The number of sulfone groups is 1. The Kier molecular flexibility index (Phi) is 7.66. The van der Waals surface area contributed by atoms with Crippen LogP contribution >= 0.6 is 0 Å². The highest BCUT2D eigenvalue weighted by Gasteiger charge is 2.23. The molecule has 1 aromatic heterocycles. The van der Waals surface area contributed by atoms with Crippen LogP contribution in [-0.4, -0.2) is 30.3 Å². The summed E-state index contributed by atoms with van der Waals surface area (Å²) in [6, 6.07) is 22.6. The van der Waals surface area contributed by atoms with Gasteiger partial charge in [-0.3, -0.25) is 4.79 Å². The number of hydrogen-bond donors (Lipinski definition) is 0. The van der Waals surface area contributed by atoms with Crippen molar-refractivity contribution in [2.24, 2.45) is 0 Å². The number of carbonyl (C=O) groups excluding carboxylic acids is 1. The molecule has 4 aromatic rings. The van der Waals surface area contributed by atoms with E-state index in [4.69, 9.17) is 0 Å². The minimum absolute atomic E-state index is 0.0343. The zero-order valence-electron chi connectivity index (χ0n) is 19.7. The van der Waals surface area contributed by atoms with Crippen LogP contribution in [0.5, 0.6) is 0 Å². The Bertz CT molecular complexity index is 1410. The van der Waals surface area contributed by atoms with Crippen LogP contribution < -0.4 is 0 Å². The van der Waals surface area contributed by atoms with Gasteiger partial charge in [-0.25, -0.2) is 12.8 Å².